The molecule has 1 fully saturated rings. The minimum absolute atomic E-state index is 0.134. The Morgan fingerprint density at radius 1 is 1.13 bits per heavy atom. The molecule has 9 nitrogen and oxygen atoms in total. The third-order valence-electron chi connectivity index (χ3n) is 3.96. The van der Waals surface area contributed by atoms with Gasteiger partial charge in [-0.3, -0.25) is 0 Å². The Labute approximate surface area is 174 Å². The highest BCUT2D eigenvalue weighted by Gasteiger charge is 2.11. The predicted octanol–water partition coefficient (Wildman–Crippen LogP) is 4.54. The molecule has 30 heavy (non-hydrogen) atoms. The van der Waals surface area contributed by atoms with E-state index in [9.17, 15) is 4.91 Å². The van der Waals surface area contributed by atoms with Gasteiger partial charge in [-0.05, 0) is 25.1 Å². The number of nitrogens with zero attached hydrogens (tertiary/aromatic N) is 6. The fraction of sp³-hybridized carbons (Fsp3) is 0.333. The fourth-order valence-electron chi connectivity index (χ4n) is 2.28. The number of hydrogen-bond donors (Lipinski definition) is 0. The summed E-state index contributed by atoms with van der Waals surface area (Å²) >= 11 is 0. The second kappa shape index (κ2) is 10.9. The van der Waals surface area contributed by atoms with Crippen LogP contribution in [0, 0.1) is 4.91 Å². The van der Waals surface area contributed by atoms with Crippen molar-refractivity contribution in [3.8, 4) is 22.6 Å². The lowest BCUT2D eigenvalue weighted by Gasteiger charge is -1.98. The number of fused-ring (bicyclic) bond motifs is 1. The van der Waals surface area contributed by atoms with Crippen molar-refractivity contribution < 1.29 is 9.26 Å². The van der Waals surface area contributed by atoms with Crippen molar-refractivity contribution in [3.05, 3.63) is 59.6 Å². The standard InChI is InChI=1S/C15H10N6O2.C3H8O.C3H6/c22-17-8-14-19-15(20-23-14)11-4-1-3-10(7-11)12-9-21-13(18-12)5-2-6-16-21;1-3-4-2;1-2-3-1/h1-7,9H,8H2;3H2,1-2H3;1-3H2. The molecule has 5 rings (SSSR count). The molecular weight excluding hydrogens is 384 g/mol. The van der Waals surface area contributed by atoms with Gasteiger partial charge in [0.2, 0.25) is 5.82 Å². The molecule has 1 aromatic carbocycles. The van der Waals surface area contributed by atoms with Crippen LogP contribution in [0.4, 0.5) is 0 Å². The Morgan fingerprint density at radius 3 is 2.57 bits per heavy atom. The quantitative estimate of drug-likeness (QED) is 0.446. The number of rotatable bonds is 5. The van der Waals surface area contributed by atoms with E-state index in [-0.39, 0.29) is 12.4 Å². The summed E-state index contributed by atoms with van der Waals surface area (Å²) in [6.07, 6.45) is 8.06. The minimum atomic E-state index is -0.134. The van der Waals surface area contributed by atoms with Crippen LogP contribution in [0.5, 0.6) is 0 Å². The molecule has 1 aliphatic carbocycles. The van der Waals surface area contributed by atoms with Crippen LogP contribution in [0.25, 0.3) is 28.3 Å². The summed E-state index contributed by atoms with van der Waals surface area (Å²) in [5.41, 5.74) is 3.25. The smallest absolute Gasteiger partial charge is 0.252 e. The molecule has 1 aliphatic rings. The van der Waals surface area contributed by atoms with E-state index in [1.165, 1.54) is 19.3 Å². The number of ether oxygens (including phenoxy) is 1. The Balaban J connectivity index is 0.000000315. The van der Waals surface area contributed by atoms with Crippen molar-refractivity contribution >= 4 is 5.65 Å². The maximum Gasteiger partial charge on any atom is 0.252 e. The first kappa shape index (κ1) is 21.3. The van der Waals surface area contributed by atoms with E-state index >= 15 is 0 Å². The van der Waals surface area contributed by atoms with Gasteiger partial charge in [0.05, 0.1) is 11.9 Å². The molecule has 156 valence electrons. The zero-order valence-corrected chi connectivity index (χ0v) is 17.1. The Kier molecular flexibility index (Phi) is 7.73. The molecule has 0 radical (unpaired) electrons. The fourth-order valence-corrected chi connectivity index (χ4v) is 2.28. The summed E-state index contributed by atoms with van der Waals surface area (Å²) in [5.74, 6) is 0.602. The third kappa shape index (κ3) is 6.02. The highest BCUT2D eigenvalue weighted by molar-refractivity contribution is 5.69. The lowest BCUT2D eigenvalue weighted by molar-refractivity contribution is 0.215. The molecule has 0 unspecified atom stereocenters. The maximum atomic E-state index is 10.3. The van der Waals surface area contributed by atoms with E-state index in [4.69, 9.17) is 4.52 Å². The molecular formula is C21H24N6O3. The van der Waals surface area contributed by atoms with Crippen LogP contribution in [0.15, 0.2) is 58.5 Å². The molecule has 0 bridgehead atoms. The third-order valence-corrected chi connectivity index (χ3v) is 3.96. The topological polar surface area (TPSA) is 108 Å². The zero-order valence-electron chi connectivity index (χ0n) is 17.1. The average molecular weight is 408 g/mol. The van der Waals surface area contributed by atoms with Gasteiger partial charge in [0, 0.05) is 31.0 Å². The van der Waals surface area contributed by atoms with Gasteiger partial charge >= 0.3 is 0 Å². The van der Waals surface area contributed by atoms with Gasteiger partial charge in [0.15, 0.2) is 12.2 Å². The van der Waals surface area contributed by atoms with Gasteiger partial charge in [-0.1, -0.05) is 47.8 Å². The van der Waals surface area contributed by atoms with Crippen molar-refractivity contribution in [3.63, 3.8) is 0 Å². The molecule has 0 spiro atoms. The zero-order chi connectivity index (χ0) is 21.2. The van der Waals surface area contributed by atoms with E-state index in [2.05, 4.69) is 30.1 Å². The van der Waals surface area contributed by atoms with E-state index in [0.29, 0.717) is 5.82 Å². The van der Waals surface area contributed by atoms with Crippen LogP contribution in [0.1, 0.15) is 32.1 Å². The van der Waals surface area contributed by atoms with Crippen molar-refractivity contribution in [2.75, 3.05) is 13.7 Å². The lowest BCUT2D eigenvalue weighted by atomic mass is 10.1. The van der Waals surface area contributed by atoms with Gasteiger partial charge in [0.1, 0.15) is 0 Å². The second-order valence-electron chi connectivity index (χ2n) is 6.47. The summed E-state index contributed by atoms with van der Waals surface area (Å²) in [6.45, 7) is 2.64. The van der Waals surface area contributed by atoms with Gasteiger partial charge in [-0.15, -0.1) is 0 Å². The Hall–Kier alpha value is -3.46. The van der Waals surface area contributed by atoms with Crippen LogP contribution in [0.2, 0.25) is 0 Å². The molecule has 9 heteroatoms. The monoisotopic (exact) mass is 408 g/mol. The summed E-state index contributed by atoms with van der Waals surface area (Å²) in [7, 11) is 1.68. The molecule has 3 heterocycles. The van der Waals surface area contributed by atoms with Crippen LogP contribution in [0.3, 0.4) is 0 Å². The maximum absolute atomic E-state index is 10.3. The first-order valence-corrected chi connectivity index (χ1v) is 9.77. The molecule has 1 saturated carbocycles. The first-order chi connectivity index (χ1) is 14.7. The summed E-state index contributed by atoms with van der Waals surface area (Å²) < 4.78 is 11.2. The van der Waals surface area contributed by atoms with Crippen LogP contribution in [-0.4, -0.2) is 38.5 Å². The van der Waals surface area contributed by atoms with E-state index in [1.807, 2.05) is 49.5 Å². The Morgan fingerprint density at radius 2 is 1.90 bits per heavy atom. The lowest BCUT2D eigenvalue weighted by Crippen LogP contribution is -1.85. The van der Waals surface area contributed by atoms with Crippen LogP contribution >= 0.6 is 0 Å². The molecule has 3 aromatic heterocycles. The normalized spacial score (nSPS) is 11.8. The van der Waals surface area contributed by atoms with E-state index in [0.717, 1.165) is 29.1 Å². The summed E-state index contributed by atoms with van der Waals surface area (Å²) in [6, 6.07) is 11.3. The number of methoxy groups -OCH3 is 1. The SMILES string of the molecule is C1CC1.CCOC.O=NCc1nc(-c2cccc(-c3cn4ncccc4n3)c2)no1. The number of nitroso groups, excluding NO2 is 1. The summed E-state index contributed by atoms with van der Waals surface area (Å²) in [4.78, 5) is 18.9. The molecule has 4 aromatic rings. The highest BCUT2D eigenvalue weighted by Crippen LogP contribution is 2.24. The summed E-state index contributed by atoms with van der Waals surface area (Å²) in [5, 5.41) is 10.8. The van der Waals surface area contributed by atoms with E-state index < -0.39 is 0 Å². The Bertz CT molecular complexity index is 1040. The molecule has 0 saturated heterocycles. The minimum Gasteiger partial charge on any atom is -0.385 e. The van der Waals surface area contributed by atoms with Gasteiger partial charge < -0.3 is 9.26 Å². The highest BCUT2D eigenvalue weighted by atomic mass is 16.5. The van der Waals surface area contributed by atoms with Gasteiger partial charge in [0.25, 0.3) is 5.89 Å². The number of hydrogen-bond acceptors (Lipinski definition) is 8. The number of benzene rings is 1. The van der Waals surface area contributed by atoms with Crippen LogP contribution < -0.4 is 0 Å². The molecule has 0 amide bonds. The van der Waals surface area contributed by atoms with Gasteiger partial charge in [-0.25, -0.2) is 9.50 Å². The van der Waals surface area contributed by atoms with Gasteiger partial charge in [-0.2, -0.15) is 15.0 Å². The average Bonchev–Trinajstić information content (AvgIpc) is 3.49. The van der Waals surface area contributed by atoms with Crippen molar-refractivity contribution in [2.24, 2.45) is 5.18 Å². The largest absolute Gasteiger partial charge is 0.385 e. The predicted molar refractivity (Wildman–Crippen MR) is 113 cm³/mol. The van der Waals surface area contributed by atoms with Crippen molar-refractivity contribution in [2.45, 2.75) is 32.7 Å². The van der Waals surface area contributed by atoms with Crippen LogP contribution in [-0.2, 0) is 11.3 Å². The second-order valence-corrected chi connectivity index (χ2v) is 6.47. The molecule has 0 aliphatic heterocycles. The van der Waals surface area contributed by atoms with Crippen molar-refractivity contribution in [1.29, 1.82) is 0 Å². The molecule has 0 N–H and O–H groups in total. The molecule has 0 atom stereocenters. The first-order valence-electron chi connectivity index (χ1n) is 9.77. The van der Waals surface area contributed by atoms with Crippen molar-refractivity contribution in [1.82, 2.24) is 24.7 Å². The number of aromatic nitrogens is 5. The van der Waals surface area contributed by atoms with E-state index in [1.54, 1.807) is 17.8 Å². The number of imidazole rings is 1.